The van der Waals surface area contributed by atoms with Crippen molar-refractivity contribution in [3.05, 3.63) is 28.3 Å². The van der Waals surface area contributed by atoms with Crippen LogP contribution in [-0.4, -0.2) is 35.6 Å². The summed E-state index contributed by atoms with van der Waals surface area (Å²) < 4.78 is 31.9. The first-order valence-electron chi connectivity index (χ1n) is 7.88. The van der Waals surface area contributed by atoms with E-state index in [9.17, 15) is 23.7 Å². The van der Waals surface area contributed by atoms with Crippen LogP contribution in [0.1, 0.15) is 33.6 Å². The molecule has 1 fully saturated rings. The highest BCUT2D eigenvalue weighted by molar-refractivity contribution is 5.90. The number of piperidine rings is 1. The van der Waals surface area contributed by atoms with Gasteiger partial charge in [0.15, 0.2) is 0 Å². The molecule has 9 heteroatoms. The molecular formula is C16H21F2N3O4. The second-order valence-electron chi connectivity index (χ2n) is 6.93. The molecule has 1 aromatic rings. The smallest absolute Gasteiger partial charge is 0.412 e. The number of nitrogens with zero attached hydrogens (tertiary/aromatic N) is 2. The second-order valence-corrected chi connectivity index (χ2v) is 6.93. The number of amides is 1. The van der Waals surface area contributed by atoms with Crippen molar-refractivity contribution in [2.45, 2.75) is 45.1 Å². The van der Waals surface area contributed by atoms with Gasteiger partial charge in [0.05, 0.1) is 16.3 Å². The number of non-ortho nitro benzene ring substituents is 1. The number of ether oxygens (including phenoxy) is 1. The molecule has 1 N–H and O–H groups in total. The van der Waals surface area contributed by atoms with Crippen LogP contribution in [-0.2, 0) is 4.74 Å². The van der Waals surface area contributed by atoms with E-state index in [1.54, 1.807) is 25.7 Å². The Morgan fingerprint density at radius 3 is 2.44 bits per heavy atom. The molecule has 0 saturated carbocycles. The molecule has 1 heterocycles. The molecule has 1 amide bonds. The summed E-state index contributed by atoms with van der Waals surface area (Å²) >= 11 is 0. The summed E-state index contributed by atoms with van der Waals surface area (Å²) in [5.41, 5.74) is -0.277. The molecule has 0 aliphatic carbocycles. The summed E-state index contributed by atoms with van der Waals surface area (Å²) in [6, 6.07) is 3.90. The summed E-state index contributed by atoms with van der Waals surface area (Å²) in [5.74, 6) is -2.74. The van der Waals surface area contributed by atoms with Crippen LogP contribution in [0.3, 0.4) is 0 Å². The highest BCUT2D eigenvalue weighted by Gasteiger charge is 2.35. The number of nitro benzene ring substituents is 1. The summed E-state index contributed by atoms with van der Waals surface area (Å²) in [4.78, 5) is 24.0. The van der Waals surface area contributed by atoms with Gasteiger partial charge in [0.25, 0.3) is 11.6 Å². The third-order valence-corrected chi connectivity index (χ3v) is 3.66. The quantitative estimate of drug-likeness (QED) is 0.648. The van der Waals surface area contributed by atoms with Crippen LogP contribution in [0, 0.1) is 10.1 Å². The summed E-state index contributed by atoms with van der Waals surface area (Å²) in [6.45, 7) is 5.19. The first-order chi connectivity index (χ1) is 11.5. The molecule has 1 aromatic carbocycles. The zero-order valence-electron chi connectivity index (χ0n) is 14.3. The summed E-state index contributed by atoms with van der Waals surface area (Å²) in [5, 5.41) is 13.6. The van der Waals surface area contributed by atoms with E-state index in [0.29, 0.717) is 5.69 Å². The molecule has 0 unspecified atom stereocenters. The van der Waals surface area contributed by atoms with Gasteiger partial charge < -0.3 is 9.64 Å². The number of anilines is 2. The molecule has 1 aliphatic heterocycles. The Balaban J connectivity index is 2.27. The van der Waals surface area contributed by atoms with E-state index >= 15 is 0 Å². The highest BCUT2D eigenvalue weighted by Crippen LogP contribution is 2.36. The van der Waals surface area contributed by atoms with Crippen molar-refractivity contribution >= 4 is 23.2 Å². The molecular weight excluding hydrogens is 336 g/mol. The number of nitro groups is 1. The fraction of sp³-hybridized carbons (Fsp3) is 0.562. The standard InChI is InChI=1S/C16H21F2N3O4/c1-15(2,3)25-14(22)19-12-5-4-11(21(23)24)10-13(12)20-8-6-16(17,18)7-9-20/h4-5,10H,6-9H2,1-3H3,(H,19,22). The Labute approximate surface area is 144 Å². The number of carbonyl (C=O) groups excluding carboxylic acids is 1. The van der Waals surface area contributed by atoms with E-state index in [2.05, 4.69) is 5.32 Å². The predicted octanol–water partition coefficient (Wildman–Crippen LogP) is 4.18. The van der Waals surface area contributed by atoms with Crippen molar-refractivity contribution in [3.8, 4) is 0 Å². The fourth-order valence-electron chi connectivity index (χ4n) is 2.49. The van der Waals surface area contributed by atoms with Gasteiger partial charge in [0, 0.05) is 38.1 Å². The fourth-order valence-corrected chi connectivity index (χ4v) is 2.49. The van der Waals surface area contributed by atoms with Gasteiger partial charge in [0.2, 0.25) is 0 Å². The Hall–Kier alpha value is -2.45. The van der Waals surface area contributed by atoms with Gasteiger partial charge in [0.1, 0.15) is 5.60 Å². The number of alkyl halides is 2. The topological polar surface area (TPSA) is 84.7 Å². The van der Waals surface area contributed by atoms with Gasteiger partial charge in [-0.3, -0.25) is 15.4 Å². The lowest BCUT2D eigenvalue weighted by Gasteiger charge is -2.34. The number of carbonyl (C=O) groups is 1. The van der Waals surface area contributed by atoms with E-state index in [4.69, 9.17) is 4.74 Å². The van der Waals surface area contributed by atoms with Crippen LogP contribution in [0.4, 0.5) is 30.6 Å². The van der Waals surface area contributed by atoms with Crippen LogP contribution in [0.2, 0.25) is 0 Å². The van der Waals surface area contributed by atoms with E-state index in [-0.39, 0.29) is 37.3 Å². The SMILES string of the molecule is CC(C)(C)OC(=O)Nc1ccc([N+](=O)[O-])cc1N1CCC(F)(F)CC1. The number of hydrogen-bond acceptors (Lipinski definition) is 5. The van der Waals surface area contributed by atoms with E-state index in [1.165, 1.54) is 18.2 Å². The average molecular weight is 357 g/mol. The van der Waals surface area contributed by atoms with Crippen LogP contribution in [0.5, 0.6) is 0 Å². The van der Waals surface area contributed by atoms with Crippen LogP contribution in [0.15, 0.2) is 18.2 Å². The van der Waals surface area contributed by atoms with Crippen LogP contribution in [0.25, 0.3) is 0 Å². The van der Waals surface area contributed by atoms with Crippen molar-refractivity contribution in [1.82, 2.24) is 0 Å². The molecule has 138 valence electrons. The normalized spacial score (nSPS) is 17.1. The number of nitrogens with one attached hydrogen (secondary N) is 1. The number of rotatable bonds is 3. The predicted molar refractivity (Wildman–Crippen MR) is 89.3 cm³/mol. The zero-order valence-corrected chi connectivity index (χ0v) is 14.3. The maximum Gasteiger partial charge on any atom is 0.412 e. The minimum absolute atomic E-state index is 0.0389. The van der Waals surface area contributed by atoms with Crippen LogP contribution >= 0.6 is 0 Å². The molecule has 0 aromatic heterocycles. The molecule has 7 nitrogen and oxygen atoms in total. The van der Waals surface area contributed by atoms with Crippen molar-refractivity contribution < 1.29 is 23.2 Å². The molecule has 0 atom stereocenters. The lowest BCUT2D eigenvalue weighted by atomic mass is 10.1. The average Bonchev–Trinajstić information content (AvgIpc) is 2.45. The maximum atomic E-state index is 13.4. The van der Waals surface area contributed by atoms with Gasteiger partial charge in [-0.15, -0.1) is 0 Å². The Morgan fingerprint density at radius 2 is 1.92 bits per heavy atom. The lowest BCUT2D eigenvalue weighted by Crippen LogP contribution is -2.39. The molecule has 0 spiro atoms. The second kappa shape index (κ2) is 6.81. The number of hydrogen-bond donors (Lipinski definition) is 1. The van der Waals surface area contributed by atoms with Crippen molar-refractivity contribution in [2.24, 2.45) is 0 Å². The van der Waals surface area contributed by atoms with Gasteiger partial charge in [-0.05, 0) is 26.8 Å². The molecule has 1 aliphatic rings. The highest BCUT2D eigenvalue weighted by atomic mass is 19.3. The zero-order chi connectivity index (χ0) is 18.8. The first kappa shape index (κ1) is 18.9. The van der Waals surface area contributed by atoms with Gasteiger partial charge in [-0.25, -0.2) is 13.6 Å². The number of benzene rings is 1. The van der Waals surface area contributed by atoms with Crippen LogP contribution < -0.4 is 10.2 Å². The monoisotopic (exact) mass is 357 g/mol. The Bertz CT molecular complexity index is 664. The molecule has 0 bridgehead atoms. The van der Waals surface area contributed by atoms with E-state index in [1.807, 2.05) is 0 Å². The van der Waals surface area contributed by atoms with Crippen molar-refractivity contribution in [2.75, 3.05) is 23.3 Å². The first-order valence-corrected chi connectivity index (χ1v) is 7.88. The largest absolute Gasteiger partial charge is 0.444 e. The third-order valence-electron chi connectivity index (χ3n) is 3.66. The van der Waals surface area contributed by atoms with E-state index in [0.717, 1.165) is 0 Å². The van der Waals surface area contributed by atoms with Crippen molar-refractivity contribution in [1.29, 1.82) is 0 Å². The maximum absolute atomic E-state index is 13.4. The van der Waals surface area contributed by atoms with Gasteiger partial charge >= 0.3 is 6.09 Å². The number of halogens is 2. The molecule has 1 saturated heterocycles. The Morgan fingerprint density at radius 1 is 1.32 bits per heavy atom. The molecule has 0 radical (unpaired) electrons. The lowest BCUT2D eigenvalue weighted by molar-refractivity contribution is -0.384. The molecule has 25 heavy (non-hydrogen) atoms. The summed E-state index contributed by atoms with van der Waals surface area (Å²) in [6.07, 6.45) is -1.41. The van der Waals surface area contributed by atoms with Crippen molar-refractivity contribution in [3.63, 3.8) is 0 Å². The minimum atomic E-state index is -2.74. The molecule has 2 rings (SSSR count). The van der Waals surface area contributed by atoms with E-state index < -0.39 is 22.5 Å². The third kappa shape index (κ3) is 5.27. The van der Waals surface area contributed by atoms with Gasteiger partial charge in [-0.1, -0.05) is 0 Å². The summed E-state index contributed by atoms with van der Waals surface area (Å²) in [7, 11) is 0. The van der Waals surface area contributed by atoms with Gasteiger partial charge in [-0.2, -0.15) is 0 Å². The minimum Gasteiger partial charge on any atom is -0.444 e. The Kier molecular flexibility index (Phi) is 5.15.